The van der Waals surface area contributed by atoms with E-state index in [9.17, 15) is 5.11 Å². The molecule has 1 aromatic carbocycles. The maximum absolute atomic E-state index is 10.6. The molecule has 0 saturated carbocycles. The fourth-order valence-electron chi connectivity index (χ4n) is 2.09. The second-order valence-corrected chi connectivity index (χ2v) is 5.15. The highest BCUT2D eigenvalue weighted by Crippen LogP contribution is 2.32. The lowest BCUT2D eigenvalue weighted by molar-refractivity contribution is 0.184. The van der Waals surface area contributed by atoms with E-state index >= 15 is 0 Å². The van der Waals surface area contributed by atoms with Gasteiger partial charge in [0.25, 0.3) is 0 Å². The molecule has 124 valence electrons. The van der Waals surface area contributed by atoms with E-state index in [0.29, 0.717) is 21.8 Å². The molecule has 3 N–H and O–H groups in total. The molecule has 1 aromatic heterocycles. The smallest absolute Gasteiger partial charge is 0.220 e. The number of hydrogen-bond acceptors (Lipinski definition) is 7. The van der Waals surface area contributed by atoms with Crippen molar-refractivity contribution in [2.75, 3.05) is 27.1 Å². The summed E-state index contributed by atoms with van der Waals surface area (Å²) in [4.78, 5) is 8.26. The van der Waals surface area contributed by atoms with Crippen molar-refractivity contribution in [2.45, 2.75) is 12.7 Å². The lowest BCUT2D eigenvalue weighted by atomic mass is 10.0. The highest BCUT2D eigenvalue weighted by molar-refractivity contribution is 6.30. The molecular weight excluding hydrogens is 322 g/mol. The predicted octanol–water partition coefficient (Wildman–Crippen LogP) is 1.96. The largest absolute Gasteiger partial charge is 0.481 e. The number of rotatable bonds is 6. The molecule has 0 amide bonds. The molecule has 23 heavy (non-hydrogen) atoms. The Kier molecular flexibility index (Phi) is 5.59. The van der Waals surface area contributed by atoms with Crippen LogP contribution in [0.3, 0.4) is 0 Å². The number of halogens is 1. The maximum atomic E-state index is 10.6. The third-order valence-corrected chi connectivity index (χ3v) is 3.43. The topological polar surface area (TPSA) is 99.7 Å². The van der Waals surface area contributed by atoms with E-state index in [4.69, 9.17) is 31.5 Å². The zero-order valence-corrected chi connectivity index (χ0v) is 13.8. The standard InChI is InChI=1S/C15H18ClN3O4/c1-21-7-8-4-9(16)5-10(13(8)17)14(20)15-18-11(22-2)6-12(19-15)23-3/h4-6,14,20H,7,17H2,1-3H3. The Morgan fingerprint density at radius 3 is 2.26 bits per heavy atom. The summed E-state index contributed by atoms with van der Waals surface area (Å²) in [6, 6.07) is 4.76. The number of methoxy groups -OCH3 is 3. The van der Waals surface area contributed by atoms with Gasteiger partial charge < -0.3 is 25.1 Å². The zero-order chi connectivity index (χ0) is 17.0. The summed E-state index contributed by atoms with van der Waals surface area (Å²) in [5.74, 6) is 0.630. The molecule has 0 aliphatic heterocycles. The van der Waals surface area contributed by atoms with Crippen LogP contribution in [0.5, 0.6) is 11.8 Å². The van der Waals surface area contributed by atoms with Crippen molar-refractivity contribution in [3.05, 3.63) is 40.2 Å². The van der Waals surface area contributed by atoms with Crippen molar-refractivity contribution < 1.29 is 19.3 Å². The Balaban J connectivity index is 2.50. The van der Waals surface area contributed by atoms with Gasteiger partial charge in [-0.2, -0.15) is 9.97 Å². The summed E-state index contributed by atoms with van der Waals surface area (Å²) in [7, 11) is 4.47. The van der Waals surface area contributed by atoms with Crippen LogP contribution in [0.2, 0.25) is 5.02 Å². The first kappa shape index (κ1) is 17.3. The highest BCUT2D eigenvalue weighted by Gasteiger charge is 2.21. The molecule has 2 rings (SSSR count). The molecule has 0 fully saturated rings. The minimum atomic E-state index is -1.19. The molecule has 1 heterocycles. The third-order valence-electron chi connectivity index (χ3n) is 3.22. The van der Waals surface area contributed by atoms with Gasteiger partial charge >= 0.3 is 0 Å². The van der Waals surface area contributed by atoms with Gasteiger partial charge in [-0.15, -0.1) is 0 Å². The first-order chi connectivity index (χ1) is 11.0. The number of anilines is 1. The summed E-state index contributed by atoms with van der Waals surface area (Å²) in [6.07, 6.45) is -1.19. The molecule has 1 atom stereocenters. The summed E-state index contributed by atoms with van der Waals surface area (Å²) >= 11 is 6.09. The first-order valence-corrected chi connectivity index (χ1v) is 7.09. The third kappa shape index (κ3) is 3.82. The van der Waals surface area contributed by atoms with Crippen molar-refractivity contribution in [1.29, 1.82) is 0 Å². The van der Waals surface area contributed by atoms with Gasteiger partial charge in [0, 0.05) is 28.9 Å². The molecule has 0 bridgehead atoms. The maximum Gasteiger partial charge on any atom is 0.220 e. The van der Waals surface area contributed by atoms with E-state index in [2.05, 4.69) is 9.97 Å². The fraction of sp³-hybridized carbons (Fsp3) is 0.333. The average molecular weight is 340 g/mol. The Hall–Kier alpha value is -2.09. The number of nitrogens with zero attached hydrogens (tertiary/aromatic N) is 2. The van der Waals surface area contributed by atoms with Crippen LogP contribution in [-0.4, -0.2) is 36.4 Å². The summed E-state index contributed by atoms with van der Waals surface area (Å²) in [5, 5.41) is 11.0. The number of ether oxygens (including phenoxy) is 3. The number of aliphatic hydroxyl groups is 1. The highest BCUT2D eigenvalue weighted by atomic mass is 35.5. The first-order valence-electron chi connectivity index (χ1n) is 6.71. The summed E-state index contributed by atoms with van der Waals surface area (Å²) < 4.78 is 15.2. The SMILES string of the molecule is COCc1cc(Cl)cc(C(O)c2nc(OC)cc(OC)n2)c1N. The average Bonchev–Trinajstić information content (AvgIpc) is 2.56. The van der Waals surface area contributed by atoms with Gasteiger partial charge in [-0.3, -0.25) is 0 Å². The molecule has 0 aliphatic rings. The number of aliphatic hydroxyl groups excluding tert-OH is 1. The van der Waals surface area contributed by atoms with Crippen molar-refractivity contribution in [1.82, 2.24) is 9.97 Å². The van der Waals surface area contributed by atoms with Crippen LogP contribution in [0.15, 0.2) is 18.2 Å². The zero-order valence-electron chi connectivity index (χ0n) is 13.0. The van der Waals surface area contributed by atoms with Crippen molar-refractivity contribution in [2.24, 2.45) is 0 Å². The summed E-state index contributed by atoms with van der Waals surface area (Å²) in [6.45, 7) is 0.272. The van der Waals surface area contributed by atoms with Crippen LogP contribution >= 0.6 is 11.6 Å². The molecule has 0 radical (unpaired) electrons. The van der Waals surface area contributed by atoms with Gasteiger partial charge in [0.1, 0.15) is 6.10 Å². The van der Waals surface area contributed by atoms with Crippen molar-refractivity contribution in [3.63, 3.8) is 0 Å². The van der Waals surface area contributed by atoms with Gasteiger partial charge in [-0.05, 0) is 12.1 Å². The van der Waals surface area contributed by atoms with Gasteiger partial charge in [-0.1, -0.05) is 11.6 Å². The molecule has 0 aliphatic carbocycles. The lowest BCUT2D eigenvalue weighted by Gasteiger charge is -2.17. The molecule has 0 saturated heterocycles. The van der Waals surface area contributed by atoms with Gasteiger partial charge in [-0.25, -0.2) is 0 Å². The van der Waals surface area contributed by atoms with Crippen LogP contribution in [0, 0.1) is 0 Å². The minimum Gasteiger partial charge on any atom is -0.481 e. The van der Waals surface area contributed by atoms with E-state index in [-0.39, 0.29) is 24.2 Å². The molecule has 0 spiro atoms. The van der Waals surface area contributed by atoms with E-state index in [1.165, 1.54) is 20.3 Å². The molecule has 8 heteroatoms. The predicted molar refractivity (Wildman–Crippen MR) is 85.8 cm³/mol. The number of nitrogens with two attached hydrogens (primary N) is 1. The Morgan fingerprint density at radius 2 is 1.74 bits per heavy atom. The van der Waals surface area contributed by atoms with Crippen molar-refractivity contribution in [3.8, 4) is 11.8 Å². The monoisotopic (exact) mass is 339 g/mol. The lowest BCUT2D eigenvalue weighted by Crippen LogP contribution is -2.11. The van der Waals surface area contributed by atoms with E-state index < -0.39 is 6.10 Å². The van der Waals surface area contributed by atoms with Crippen LogP contribution in [-0.2, 0) is 11.3 Å². The molecule has 1 unspecified atom stereocenters. The Labute approximate surface area is 139 Å². The van der Waals surface area contributed by atoms with Crippen LogP contribution in [0.25, 0.3) is 0 Å². The molecule has 7 nitrogen and oxygen atoms in total. The fourth-order valence-corrected chi connectivity index (χ4v) is 2.34. The summed E-state index contributed by atoms with van der Waals surface area (Å²) in [5.41, 5.74) is 7.53. The van der Waals surface area contributed by atoms with Gasteiger partial charge in [0.2, 0.25) is 11.8 Å². The van der Waals surface area contributed by atoms with E-state index in [1.807, 2.05) is 0 Å². The Morgan fingerprint density at radius 1 is 1.13 bits per heavy atom. The number of benzene rings is 1. The number of hydrogen-bond donors (Lipinski definition) is 2. The molecule has 2 aromatic rings. The normalized spacial score (nSPS) is 12.0. The quantitative estimate of drug-likeness (QED) is 0.776. The molecular formula is C15H18ClN3O4. The second-order valence-electron chi connectivity index (χ2n) is 4.71. The van der Waals surface area contributed by atoms with Gasteiger partial charge in [0.05, 0.1) is 26.9 Å². The Bertz CT molecular complexity index is 674. The number of aromatic nitrogens is 2. The minimum absolute atomic E-state index is 0.0959. The van der Waals surface area contributed by atoms with E-state index in [1.54, 1.807) is 19.2 Å². The van der Waals surface area contributed by atoms with Gasteiger partial charge in [0.15, 0.2) is 5.82 Å². The van der Waals surface area contributed by atoms with E-state index in [0.717, 1.165) is 0 Å². The van der Waals surface area contributed by atoms with Crippen LogP contribution in [0.4, 0.5) is 5.69 Å². The second kappa shape index (κ2) is 7.45. The van der Waals surface area contributed by atoms with Crippen LogP contribution in [0.1, 0.15) is 23.1 Å². The number of nitrogen functional groups attached to an aromatic ring is 1. The van der Waals surface area contributed by atoms with Crippen LogP contribution < -0.4 is 15.2 Å². The van der Waals surface area contributed by atoms with Crippen molar-refractivity contribution >= 4 is 17.3 Å².